The summed E-state index contributed by atoms with van der Waals surface area (Å²) in [5.41, 5.74) is 0.764. The zero-order valence-corrected chi connectivity index (χ0v) is 11.0. The molecule has 0 aliphatic heterocycles. The monoisotopic (exact) mass is 264 g/mol. The van der Waals surface area contributed by atoms with E-state index in [2.05, 4.69) is 6.58 Å². The van der Waals surface area contributed by atoms with Crippen molar-refractivity contribution in [2.24, 2.45) is 0 Å². The Bertz CT molecular complexity index is 384. The molecule has 0 bridgehead atoms. The number of hydrogen-bond donors (Lipinski definition) is 1. The zero-order valence-electron chi connectivity index (χ0n) is 11.0. The third kappa shape index (κ3) is 7.26. The van der Waals surface area contributed by atoms with Gasteiger partial charge in [0.05, 0.1) is 13.0 Å². The fraction of sp³-hybridized carbons (Fsp3) is 0.400. The summed E-state index contributed by atoms with van der Waals surface area (Å²) >= 11 is 0. The summed E-state index contributed by atoms with van der Waals surface area (Å²) in [7, 11) is 0. The third-order valence-corrected chi connectivity index (χ3v) is 2.47. The van der Waals surface area contributed by atoms with E-state index < -0.39 is 5.97 Å². The lowest BCUT2D eigenvalue weighted by molar-refractivity contribution is -0.136. The van der Waals surface area contributed by atoms with Crippen LogP contribution in [0.2, 0.25) is 0 Å². The van der Waals surface area contributed by atoms with Gasteiger partial charge < -0.3 is 14.6 Å². The van der Waals surface area contributed by atoms with E-state index >= 15 is 0 Å². The van der Waals surface area contributed by atoms with Crippen LogP contribution < -0.4 is 4.74 Å². The molecule has 1 aromatic rings. The van der Waals surface area contributed by atoms with Crippen LogP contribution in [0.25, 0.3) is 0 Å². The maximum Gasteiger partial charge on any atom is 0.307 e. The highest BCUT2D eigenvalue weighted by Crippen LogP contribution is 2.12. The fourth-order valence-corrected chi connectivity index (χ4v) is 1.53. The molecular formula is C15H20O4. The number of carboxylic acid groups (broad SMARTS) is 1. The van der Waals surface area contributed by atoms with Gasteiger partial charge >= 0.3 is 5.97 Å². The second-order valence-corrected chi connectivity index (χ2v) is 4.11. The Kier molecular flexibility index (Phi) is 7.35. The minimum atomic E-state index is -0.832. The van der Waals surface area contributed by atoms with Crippen molar-refractivity contribution in [2.45, 2.75) is 19.3 Å². The van der Waals surface area contributed by atoms with E-state index in [1.54, 1.807) is 24.3 Å². The molecule has 0 unspecified atom stereocenters. The van der Waals surface area contributed by atoms with Crippen LogP contribution in [0, 0.1) is 0 Å². The highest BCUT2D eigenvalue weighted by Gasteiger charge is 2.00. The van der Waals surface area contributed by atoms with Gasteiger partial charge in [-0.15, -0.1) is 6.58 Å². The lowest BCUT2D eigenvalue weighted by Gasteiger charge is -2.07. The van der Waals surface area contributed by atoms with E-state index in [4.69, 9.17) is 14.6 Å². The van der Waals surface area contributed by atoms with E-state index in [1.165, 1.54) is 0 Å². The molecule has 1 aromatic carbocycles. The summed E-state index contributed by atoms with van der Waals surface area (Å²) in [5.74, 6) is -0.106. The largest absolute Gasteiger partial charge is 0.491 e. The molecule has 4 heteroatoms. The minimum Gasteiger partial charge on any atom is -0.491 e. The first-order valence-electron chi connectivity index (χ1n) is 6.34. The zero-order chi connectivity index (χ0) is 13.9. The van der Waals surface area contributed by atoms with Crippen LogP contribution in [0.5, 0.6) is 5.75 Å². The van der Waals surface area contributed by atoms with Crippen LogP contribution >= 0.6 is 0 Å². The molecule has 0 saturated carbocycles. The maximum absolute atomic E-state index is 10.5. The number of carbonyl (C=O) groups is 1. The van der Waals surface area contributed by atoms with Crippen LogP contribution in [-0.2, 0) is 16.0 Å². The molecule has 4 nitrogen and oxygen atoms in total. The standard InChI is InChI=1S/C15H20O4/c1-2-3-4-9-18-10-11-19-14-7-5-13(6-8-14)12-15(16)17/h2,5-8H,1,3-4,9-12H2,(H,16,17). The molecule has 0 radical (unpaired) electrons. The molecule has 0 fully saturated rings. The average molecular weight is 264 g/mol. The first-order chi connectivity index (χ1) is 9.22. The number of benzene rings is 1. The average Bonchev–Trinajstić information content (AvgIpc) is 2.39. The summed E-state index contributed by atoms with van der Waals surface area (Å²) in [4.78, 5) is 10.5. The molecule has 0 aromatic heterocycles. The first kappa shape index (κ1) is 15.2. The van der Waals surface area contributed by atoms with Gasteiger partial charge in [-0.05, 0) is 30.5 Å². The normalized spacial score (nSPS) is 10.1. The molecule has 1 N–H and O–H groups in total. The van der Waals surface area contributed by atoms with E-state index in [9.17, 15) is 4.79 Å². The van der Waals surface area contributed by atoms with Gasteiger partial charge in [-0.1, -0.05) is 18.2 Å². The van der Waals surface area contributed by atoms with Gasteiger partial charge in [0.25, 0.3) is 0 Å². The Labute approximate surface area is 113 Å². The van der Waals surface area contributed by atoms with Crippen molar-refractivity contribution in [3.63, 3.8) is 0 Å². The molecule has 0 heterocycles. The molecule has 0 aliphatic carbocycles. The predicted octanol–water partition coefficient (Wildman–Crippen LogP) is 2.68. The topological polar surface area (TPSA) is 55.8 Å². The molecular weight excluding hydrogens is 244 g/mol. The predicted molar refractivity (Wildman–Crippen MR) is 73.5 cm³/mol. The van der Waals surface area contributed by atoms with Crippen LogP contribution in [0.1, 0.15) is 18.4 Å². The van der Waals surface area contributed by atoms with Gasteiger partial charge in [-0.3, -0.25) is 4.79 Å². The van der Waals surface area contributed by atoms with Crippen molar-refractivity contribution in [3.05, 3.63) is 42.5 Å². The Balaban J connectivity index is 2.15. The Morgan fingerprint density at radius 3 is 2.58 bits per heavy atom. The quantitative estimate of drug-likeness (QED) is 0.521. The lowest BCUT2D eigenvalue weighted by Crippen LogP contribution is -2.07. The van der Waals surface area contributed by atoms with Crippen molar-refractivity contribution < 1.29 is 19.4 Å². The number of allylic oxidation sites excluding steroid dienone is 1. The third-order valence-electron chi connectivity index (χ3n) is 2.47. The molecule has 0 amide bonds. The number of ether oxygens (including phenoxy) is 2. The van der Waals surface area contributed by atoms with Crippen molar-refractivity contribution >= 4 is 5.97 Å². The molecule has 0 spiro atoms. The van der Waals surface area contributed by atoms with E-state index in [0.29, 0.717) is 19.8 Å². The highest BCUT2D eigenvalue weighted by molar-refractivity contribution is 5.70. The Morgan fingerprint density at radius 1 is 1.21 bits per heavy atom. The number of rotatable bonds is 10. The second kappa shape index (κ2) is 9.16. The van der Waals surface area contributed by atoms with Gasteiger partial charge in [-0.2, -0.15) is 0 Å². The fourth-order valence-electron chi connectivity index (χ4n) is 1.53. The Hall–Kier alpha value is -1.81. The molecule has 104 valence electrons. The summed E-state index contributed by atoms with van der Waals surface area (Å²) < 4.78 is 10.9. The second-order valence-electron chi connectivity index (χ2n) is 4.11. The smallest absolute Gasteiger partial charge is 0.307 e. The van der Waals surface area contributed by atoms with Gasteiger partial charge in [0.1, 0.15) is 12.4 Å². The van der Waals surface area contributed by atoms with Crippen molar-refractivity contribution in [3.8, 4) is 5.75 Å². The van der Waals surface area contributed by atoms with Gasteiger partial charge in [0, 0.05) is 6.61 Å². The number of aliphatic carboxylic acids is 1. The Morgan fingerprint density at radius 2 is 1.95 bits per heavy atom. The van der Waals surface area contributed by atoms with Gasteiger partial charge in [0.2, 0.25) is 0 Å². The van der Waals surface area contributed by atoms with Crippen molar-refractivity contribution in [1.82, 2.24) is 0 Å². The molecule has 1 rings (SSSR count). The van der Waals surface area contributed by atoms with Crippen LogP contribution in [0.15, 0.2) is 36.9 Å². The lowest BCUT2D eigenvalue weighted by atomic mass is 10.1. The van der Waals surface area contributed by atoms with Crippen LogP contribution in [-0.4, -0.2) is 30.9 Å². The molecule has 0 aliphatic rings. The van der Waals surface area contributed by atoms with E-state index in [-0.39, 0.29) is 6.42 Å². The minimum absolute atomic E-state index is 0.0344. The van der Waals surface area contributed by atoms with E-state index in [1.807, 2.05) is 6.08 Å². The first-order valence-corrected chi connectivity index (χ1v) is 6.34. The van der Waals surface area contributed by atoms with Crippen molar-refractivity contribution in [1.29, 1.82) is 0 Å². The summed E-state index contributed by atoms with van der Waals surface area (Å²) in [6, 6.07) is 7.06. The summed E-state index contributed by atoms with van der Waals surface area (Å²) in [6.07, 6.45) is 3.85. The van der Waals surface area contributed by atoms with E-state index in [0.717, 1.165) is 24.2 Å². The molecule has 0 atom stereocenters. The highest BCUT2D eigenvalue weighted by atomic mass is 16.5. The van der Waals surface area contributed by atoms with Gasteiger partial charge in [-0.25, -0.2) is 0 Å². The van der Waals surface area contributed by atoms with Gasteiger partial charge in [0.15, 0.2) is 0 Å². The molecule has 19 heavy (non-hydrogen) atoms. The number of hydrogen-bond acceptors (Lipinski definition) is 3. The SMILES string of the molecule is C=CCCCOCCOc1ccc(CC(=O)O)cc1. The summed E-state index contributed by atoms with van der Waals surface area (Å²) in [5, 5.41) is 8.64. The maximum atomic E-state index is 10.5. The summed E-state index contributed by atoms with van der Waals surface area (Å²) in [6.45, 7) is 5.40. The van der Waals surface area contributed by atoms with Crippen molar-refractivity contribution in [2.75, 3.05) is 19.8 Å². The van der Waals surface area contributed by atoms with Crippen LogP contribution in [0.4, 0.5) is 0 Å². The molecule has 0 saturated heterocycles. The number of unbranched alkanes of at least 4 members (excludes halogenated alkanes) is 1. The number of carboxylic acids is 1. The van der Waals surface area contributed by atoms with Crippen LogP contribution in [0.3, 0.4) is 0 Å².